The van der Waals surface area contributed by atoms with Gasteiger partial charge in [0.1, 0.15) is 6.54 Å². The Kier molecular flexibility index (Phi) is 4.51. The Hall–Kier alpha value is -2.09. The van der Waals surface area contributed by atoms with Gasteiger partial charge in [0.05, 0.1) is 0 Å². The molecular weight excluding hydrogens is 280 g/mol. The van der Waals surface area contributed by atoms with Crippen molar-refractivity contribution in [3.8, 4) is 0 Å². The molecule has 3 rings (SSSR count). The number of rotatable bonds is 5. The number of benzene rings is 2. The topological polar surface area (TPSA) is 7.12 Å². The van der Waals surface area contributed by atoms with E-state index in [1.165, 1.54) is 33.1 Å². The molecule has 2 aromatic carbocycles. The molecule has 0 atom stereocenters. The molecule has 0 fully saturated rings. The van der Waals surface area contributed by atoms with E-state index in [9.17, 15) is 0 Å². The molecule has 0 amide bonds. The Morgan fingerprint density at radius 3 is 2.30 bits per heavy atom. The standard InChI is InChI=1S/C21H25N2/c1-5-6-7-12-23-20-13-16(2)8-9-17(20)14-18-10-11-19(22(3)4)15-21(18)23/h1,8-11,13-15H,5-7,12H2,2-4H3/q+1. The maximum atomic E-state index is 5.69. The van der Waals surface area contributed by atoms with E-state index in [2.05, 4.69) is 73.0 Å². The van der Waals surface area contributed by atoms with Crippen LogP contribution in [0, 0.1) is 13.8 Å². The Balaban J connectivity index is 2.26. The lowest BCUT2D eigenvalue weighted by atomic mass is 10.1. The summed E-state index contributed by atoms with van der Waals surface area (Å²) in [5, 5.41) is 2.59. The van der Waals surface area contributed by atoms with Gasteiger partial charge >= 0.3 is 0 Å². The number of fused-ring (bicyclic) bond motifs is 2. The average Bonchev–Trinajstić information content (AvgIpc) is 2.54. The van der Waals surface area contributed by atoms with Gasteiger partial charge in [-0.15, -0.1) is 0 Å². The molecule has 0 saturated heterocycles. The highest BCUT2D eigenvalue weighted by molar-refractivity contribution is 5.90. The van der Waals surface area contributed by atoms with E-state index in [-0.39, 0.29) is 0 Å². The molecule has 2 radical (unpaired) electrons. The second-order valence-corrected chi connectivity index (χ2v) is 6.49. The van der Waals surface area contributed by atoms with Gasteiger partial charge in [0.2, 0.25) is 11.0 Å². The van der Waals surface area contributed by atoms with Crippen molar-refractivity contribution in [2.75, 3.05) is 19.0 Å². The van der Waals surface area contributed by atoms with Crippen molar-refractivity contribution in [2.24, 2.45) is 0 Å². The number of aryl methyl sites for hydroxylation is 2. The number of pyridine rings is 1. The van der Waals surface area contributed by atoms with Crippen LogP contribution in [0.4, 0.5) is 5.69 Å². The van der Waals surface area contributed by atoms with Gasteiger partial charge < -0.3 is 4.90 Å². The number of nitrogens with zero attached hydrogens (tertiary/aromatic N) is 2. The summed E-state index contributed by atoms with van der Waals surface area (Å²) in [5.74, 6) is 0. The molecular formula is C21H25N2+. The van der Waals surface area contributed by atoms with Gasteiger partial charge in [-0.1, -0.05) is 6.07 Å². The molecule has 0 unspecified atom stereocenters. The van der Waals surface area contributed by atoms with Crippen LogP contribution in [0.3, 0.4) is 0 Å². The molecule has 0 bridgehead atoms. The minimum Gasteiger partial charge on any atom is -0.377 e. The summed E-state index contributed by atoms with van der Waals surface area (Å²) in [7, 11) is 4.18. The molecule has 3 aromatic rings. The minimum absolute atomic E-state index is 0.755. The Morgan fingerprint density at radius 2 is 1.61 bits per heavy atom. The van der Waals surface area contributed by atoms with Crippen molar-refractivity contribution < 1.29 is 4.57 Å². The second kappa shape index (κ2) is 6.57. The predicted octanol–water partition coefficient (Wildman–Crippen LogP) is 4.54. The Morgan fingerprint density at radius 1 is 0.913 bits per heavy atom. The van der Waals surface area contributed by atoms with Crippen LogP contribution < -0.4 is 9.47 Å². The highest BCUT2D eigenvalue weighted by Gasteiger charge is 2.16. The van der Waals surface area contributed by atoms with Gasteiger partial charge in [0, 0.05) is 49.1 Å². The van der Waals surface area contributed by atoms with Gasteiger partial charge in [-0.05, 0) is 56.5 Å². The largest absolute Gasteiger partial charge is 0.377 e. The smallest absolute Gasteiger partial charge is 0.215 e. The van der Waals surface area contributed by atoms with Gasteiger partial charge in [-0.2, -0.15) is 4.57 Å². The lowest BCUT2D eigenvalue weighted by Gasteiger charge is -2.13. The fourth-order valence-corrected chi connectivity index (χ4v) is 3.13. The molecule has 0 aliphatic rings. The number of unbranched alkanes of at least 4 members (excludes halogenated alkanes) is 2. The van der Waals surface area contributed by atoms with Crippen LogP contribution in [0.15, 0.2) is 42.5 Å². The molecule has 0 spiro atoms. The zero-order valence-corrected chi connectivity index (χ0v) is 14.3. The molecule has 2 heteroatoms. The molecule has 0 aliphatic heterocycles. The fraction of sp³-hybridized carbons (Fsp3) is 0.333. The van der Waals surface area contributed by atoms with Gasteiger partial charge in [0.25, 0.3) is 0 Å². The first-order valence-electron chi connectivity index (χ1n) is 8.34. The van der Waals surface area contributed by atoms with E-state index in [1.807, 2.05) is 0 Å². The Bertz CT molecular complexity index is 834. The molecule has 118 valence electrons. The highest BCUT2D eigenvalue weighted by atomic mass is 15.1. The molecule has 1 aromatic heterocycles. The van der Waals surface area contributed by atoms with Crippen LogP contribution >= 0.6 is 0 Å². The quantitative estimate of drug-likeness (QED) is 0.381. The van der Waals surface area contributed by atoms with E-state index in [1.54, 1.807) is 0 Å². The third-order valence-corrected chi connectivity index (χ3v) is 4.44. The van der Waals surface area contributed by atoms with Gasteiger partial charge in [0.15, 0.2) is 0 Å². The molecule has 23 heavy (non-hydrogen) atoms. The van der Waals surface area contributed by atoms with E-state index >= 15 is 0 Å². The zero-order valence-electron chi connectivity index (χ0n) is 14.3. The average molecular weight is 305 g/mol. The first-order valence-corrected chi connectivity index (χ1v) is 8.34. The number of anilines is 1. The summed E-state index contributed by atoms with van der Waals surface area (Å²) in [5.41, 5.74) is 5.14. The minimum atomic E-state index is 0.755. The summed E-state index contributed by atoms with van der Waals surface area (Å²) in [6, 6.07) is 15.7. The summed E-state index contributed by atoms with van der Waals surface area (Å²) in [6.07, 6.45) is 2.92. The SMILES string of the molecule is [CH]CCCC[n+]1c2cc(C)ccc2cc2ccc(N(C)C)cc21. The summed E-state index contributed by atoms with van der Waals surface area (Å²) in [6.45, 7) is 8.85. The first-order chi connectivity index (χ1) is 11.1. The van der Waals surface area contributed by atoms with Crippen LogP contribution in [-0.4, -0.2) is 14.1 Å². The predicted molar refractivity (Wildman–Crippen MR) is 98.9 cm³/mol. The summed E-state index contributed by atoms with van der Waals surface area (Å²) < 4.78 is 2.46. The number of aromatic nitrogens is 1. The van der Waals surface area contributed by atoms with Crippen molar-refractivity contribution in [3.63, 3.8) is 0 Å². The van der Waals surface area contributed by atoms with Crippen LogP contribution in [-0.2, 0) is 6.54 Å². The highest BCUT2D eigenvalue weighted by Crippen LogP contribution is 2.23. The molecule has 0 aliphatic carbocycles. The van der Waals surface area contributed by atoms with Crippen molar-refractivity contribution in [3.05, 3.63) is 55.0 Å². The molecule has 1 heterocycles. The van der Waals surface area contributed by atoms with Crippen LogP contribution in [0.2, 0.25) is 0 Å². The monoisotopic (exact) mass is 305 g/mol. The molecule has 0 saturated carbocycles. The van der Waals surface area contributed by atoms with Crippen LogP contribution in [0.5, 0.6) is 0 Å². The maximum Gasteiger partial charge on any atom is 0.215 e. The first kappa shape index (κ1) is 15.8. The van der Waals surface area contributed by atoms with E-state index in [0.717, 1.165) is 25.8 Å². The lowest BCUT2D eigenvalue weighted by molar-refractivity contribution is -0.645. The zero-order chi connectivity index (χ0) is 16.4. The second-order valence-electron chi connectivity index (χ2n) is 6.49. The van der Waals surface area contributed by atoms with Crippen molar-refractivity contribution in [1.29, 1.82) is 0 Å². The van der Waals surface area contributed by atoms with E-state index in [4.69, 9.17) is 6.92 Å². The fourth-order valence-electron chi connectivity index (χ4n) is 3.13. The third-order valence-electron chi connectivity index (χ3n) is 4.44. The van der Waals surface area contributed by atoms with E-state index in [0.29, 0.717) is 0 Å². The summed E-state index contributed by atoms with van der Waals surface area (Å²) in [4.78, 5) is 2.16. The normalized spacial score (nSPS) is 11.3. The molecule has 0 N–H and O–H groups in total. The van der Waals surface area contributed by atoms with Crippen molar-refractivity contribution in [1.82, 2.24) is 0 Å². The maximum absolute atomic E-state index is 5.69. The number of hydrogen-bond donors (Lipinski definition) is 0. The number of hydrogen-bond acceptors (Lipinski definition) is 1. The van der Waals surface area contributed by atoms with Crippen molar-refractivity contribution in [2.45, 2.75) is 32.7 Å². The Labute approximate surface area is 139 Å². The van der Waals surface area contributed by atoms with Gasteiger partial charge in [-0.25, -0.2) is 0 Å². The lowest BCUT2D eigenvalue weighted by Crippen LogP contribution is -2.35. The van der Waals surface area contributed by atoms with Crippen LogP contribution in [0.25, 0.3) is 21.8 Å². The molecule has 2 nitrogen and oxygen atoms in total. The summed E-state index contributed by atoms with van der Waals surface area (Å²) >= 11 is 0. The van der Waals surface area contributed by atoms with Crippen LogP contribution in [0.1, 0.15) is 24.8 Å². The van der Waals surface area contributed by atoms with Crippen molar-refractivity contribution >= 4 is 27.5 Å². The van der Waals surface area contributed by atoms with E-state index < -0.39 is 0 Å². The van der Waals surface area contributed by atoms with Gasteiger partial charge in [-0.3, -0.25) is 0 Å². The third kappa shape index (κ3) is 3.17.